The van der Waals surface area contributed by atoms with Gasteiger partial charge in [-0.1, -0.05) is 59.9 Å². The van der Waals surface area contributed by atoms with Gasteiger partial charge >= 0.3 is 0 Å². The molecule has 140 valence electrons. The molecule has 1 N–H and O–H groups in total. The number of carbonyl (C=O) groups is 1. The maximum Gasteiger partial charge on any atom is 0.226 e. The highest BCUT2D eigenvalue weighted by Crippen LogP contribution is 2.17. The quantitative estimate of drug-likeness (QED) is 0.525. The van der Waals surface area contributed by atoms with E-state index in [1.54, 1.807) is 0 Å². The van der Waals surface area contributed by atoms with Gasteiger partial charge in [-0.25, -0.2) is 0 Å². The number of carbonyl (C=O) groups excluding carboxylic acids is 1. The molecule has 3 aromatic rings. The Kier molecular flexibility index (Phi) is 7.35. The van der Waals surface area contributed by atoms with E-state index in [1.165, 1.54) is 16.9 Å². The van der Waals surface area contributed by atoms with Crippen molar-refractivity contribution in [1.29, 1.82) is 0 Å². The van der Waals surface area contributed by atoms with Crippen LogP contribution in [0.2, 0.25) is 0 Å². The van der Waals surface area contributed by atoms with Crippen LogP contribution in [0.5, 0.6) is 5.75 Å². The molecule has 0 saturated carbocycles. The van der Waals surface area contributed by atoms with Gasteiger partial charge in [0.2, 0.25) is 11.0 Å². The first kappa shape index (κ1) is 19.0. The SMILES string of the molecule is O=C(CCCc1ccccc1)Nc1nnc(CCCOc2ccccc2)s1. The van der Waals surface area contributed by atoms with Crippen LogP contribution in [0.4, 0.5) is 5.13 Å². The fourth-order valence-electron chi connectivity index (χ4n) is 2.61. The van der Waals surface area contributed by atoms with Crippen LogP contribution >= 0.6 is 11.3 Å². The van der Waals surface area contributed by atoms with Gasteiger partial charge in [-0.05, 0) is 37.0 Å². The van der Waals surface area contributed by atoms with E-state index in [0.717, 1.165) is 36.4 Å². The van der Waals surface area contributed by atoms with E-state index < -0.39 is 0 Å². The van der Waals surface area contributed by atoms with Crippen LogP contribution in [0.1, 0.15) is 29.8 Å². The van der Waals surface area contributed by atoms with E-state index in [-0.39, 0.29) is 5.91 Å². The van der Waals surface area contributed by atoms with Crippen LogP contribution < -0.4 is 10.1 Å². The molecule has 2 aromatic carbocycles. The summed E-state index contributed by atoms with van der Waals surface area (Å²) >= 11 is 1.43. The maximum absolute atomic E-state index is 12.0. The largest absolute Gasteiger partial charge is 0.494 e. The molecule has 5 nitrogen and oxygen atoms in total. The second-order valence-electron chi connectivity index (χ2n) is 6.15. The lowest BCUT2D eigenvalue weighted by Crippen LogP contribution is -2.11. The Bertz CT molecular complexity index is 822. The van der Waals surface area contributed by atoms with E-state index >= 15 is 0 Å². The van der Waals surface area contributed by atoms with E-state index in [4.69, 9.17) is 4.74 Å². The molecule has 0 atom stereocenters. The Labute approximate surface area is 163 Å². The first-order valence-electron chi connectivity index (χ1n) is 9.13. The number of benzene rings is 2. The van der Waals surface area contributed by atoms with Crippen LogP contribution in [0.25, 0.3) is 0 Å². The summed E-state index contributed by atoms with van der Waals surface area (Å²) in [6.45, 7) is 0.630. The Morgan fingerprint density at radius 1 is 0.926 bits per heavy atom. The minimum Gasteiger partial charge on any atom is -0.494 e. The van der Waals surface area contributed by atoms with E-state index in [1.807, 2.05) is 48.5 Å². The van der Waals surface area contributed by atoms with Gasteiger partial charge < -0.3 is 10.1 Å². The molecule has 0 aliphatic carbocycles. The zero-order valence-corrected chi connectivity index (χ0v) is 16.0. The smallest absolute Gasteiger partial charge is 0.226 e. The maximum atomic E-state index is 12.0. The number of nitrogens with one attached hydrogen (secondary N) is 1. The van der Waals surface area contributed by atoms with Gasteiger partial charge in [0.25, 0.3) is 0 Å². The Hall–Kier alpha value is -2.73. The second-order valence-corrected chi connectivity index (χ2v) is 7.22. The molecular formula is C21H23N3O2S. The average Bonchev–Trinajstić information content (AvgIpc) is 3.14. The van der Waals surface area contributed by atoms with Gasteiger partial charge in [-0.2, -0.15) is 0 Å². The fourth-order valence-corrected chi connectivity index (χ4v) is 3.41. The number of ether oxygens (including phenoxy) is 1. The predicted molar refractivity (Wildman–Crippen MR) is 108 cm³/mol. The van der Waals surface area contributed by atoms with Crippen molar-refractivity contribution in [2.45, 2.75) is 32.1 Å². The van der Waals surface area contributed by atoms with Gasteiger partial charge in [0.05, 0.1) is 6.61 Å². The monoisotopic (exact) mass is 381 g/mol. The van der Waals surface area contributed by atoms with Crippen molar-refractivity contribution in [2.75, 3.05) is 11.9 Å². The number of aryl methyl sites for hydroxylation is 2. The van der Waals surface area contributed by atoms with Crippen molar-refractivity contribution in [3.63, 3.8) is 0 Å². The van der Waals surface area contributed by atoms with Crippen LogP contribution in [0.3, 0.4) is 0 Å². The summed E-state index contributed by atoms with van der Waals surface area (Å²) in [7, 11) is 0. The summed E-state index contributed by atoms with van der Waals surface area (Å²) in [4.78, 5) is 12.0. The van der Waals surface area contributed by atoms with Crippen LogP contribution in [-0.4, -0.2) is 22.7 Å². The standard InChI is InChI=1S/C21H23N3O2S/c25-19(14-7-11-17-9-3-1-4-10-17)22-21-24-23-20(27-21)15-8-16-26-18-12-5-2-6-13-18/h1-6,9-10,12-13H,7-8,11,14-16H2,(H,22,24,25). The molecule has 1 heterocycles. The van der Waals surface area contributed by atoms with Crippen LogP contribution in [0, 0.1) is 0 Å². The molecule has 0 radical (unpaired) electrons. The molecule has 0 spiro atoms. The molecule has 0 unspecified atom stereocenters. The summed E-state index contributed by atoms with van der Waals surface area (Å²) in [5.41, 5.74) is 1.25. The Morgan fingerprint density at radius 2 is 1.67 bits per heavy atom. The summed E-state index contributed by atoms with van der Waals surface area (Å²) in [6, 6.07) is 19.9. The summed E-state index contributed by atoms with van der Waals surface area (Å²) in [6.07, 6.45) is 3.84. The number of aromatic nitrogens is 2. The van der Waals surface area contributed by atoms with Crippen molar-refractivity contribution in [2.24, 2.45) is 0 Å². The molecule has 27 heavy (non-hydrogen) atoms. The third kappa shape index (κ3) is 6.83. The number of hydrogen-bond acceptors (Lipinski definition) is 5. The molecule has 0 aliphatic heterocycles. The molecule has 0 bridgehead atoms. The lowest BCUT2D eigenvalue weighted by Gasteiger charge is -2.04. The van der Waals surface area contributed by atoms with E-state index in [0.29, 0.717) is 18.2 Å². The number of para-hydroxylation sites is 1. The molecule has 1 aromatic heterocycles. The van der Waals surface area contributed by atoms with Crippen LogP contribution in [0.15, 0.2) is 60.7 Å². The van der Waals surface area contributed by atoms with Gasteiger partial charge in [-0.15, -0.1) is 10.2 Å². The fraction of sp³-hybridized carbons (Fsp3) is 0.286. The van der Waals surface area contributed by atoms with E-state index in [9.17, 15) is 4.79 Å². The molecular weight excluding hydrogens is 358 g/mol. The molecule has 1 amide bonds. The van der Waals surface area contributed by atoms with Crippen molar-refractivity contribution >= 4 is 22.4 Å². The minimum atomic E-state index is -0.0129. The topological polar surface area (TPSA) is 64.1 Å². The third-order valence-electron chi connectivity index (χ3n) is 3.97. The van der Waals surface area contributed by atoms with Gasteiger partial charge in [0.15, 0.2) is 0 Å². The van der Waals surface area contributed by atoms with Gasteiger partial charge in [0.1, 0.15) is 10.8 Å². The Balaban J connectivity index is 1.33. The van der Waals surface area contributed by atoms with Crippen molar-refractivity contribution in [3.05, 3.63) is 71.2 Å². The highest BCUT2D eigenvalue weighted by atomic mass is 32.1. The molecule has 0 saturated heterocycles. The lowest BCUT2D eigenvalue weighted by molar-refractivity contribution is -0.116. The molecule has 0 fully saturated rings. The lowest BCUT2D eigenvalue weighted by atomic mass is 10.1. The minimum absolute atomic E-state index is 0.0129. The van der Waals surface area contributed by atoms with Crippen molar-refractivity contribution in [1.82, 2.24) is 10.2 Å². The van der Waals surface area contributed by atoms with Gasteiger partial charge in [0, 0.05) is 12.8 Å². The normalized spacial score (nSPS) is 10.5. The number of hydrogen-bond donors (Lipinski definition) is 1. The molecule has 0 aliphatic rings. The highest BCUT2D eigenvalue weighted by Gasteiger charge is 2.08. The van der Waals surface area contributed by atoms with E-state index in [2.05, 4.69) is 27.6 Å². The zero-order valence-electron chi connectivity index (χ0n) is 15.1. The number of amides is 1. The van der Waals surface area contributed by atoms with Crippen LogP contribution in [-0.2, 0) is 17.6 Å². The molecule has 6 heteroatoms. The first-order chi connectivity index (χ1) is 13.3. The first-order valence-corrected chi connectivity index (χ1v) is 9.95. The van der Waals surface area contributed by atoms with Crippen molar-refractivity contribution < 1.29 is 9.53 Å². The summed E-state index contributed by atoms with van der Waals surface area (Å²) in [5, 5.41) is 12.5. The zero-order chi connectivity index (χ0) is 18.7. The predicted octanol–water partition coefficient (Wildman–Crippen LogP) is 4.51. The summed E-state index contributed by atoms with van der Waals surface area (Å²) < 4.78 is 5.67. The average molecular weight is 382 g/mol. The second kappa shape index (κ2) is 10.4. The van der Waals surface area contributed by atoms with Gasteiger partial charge in [-0.3, -0.25) is 4.79 Å². The third-order valence-corrected chi connectivity index (χ3v) is 4.87. The number of rotatable bonds is 10. The highest BCUT2D eigenvalue weighted by molar-refractivity contribution is 7.15. The summed E-state index contributed by atoms with van der Waals surface area (Å²) in [5.74, 6) is 0.860. The number of anilines is 1. The van der Waals surface area contributed by atoms with Crippen molar-refractivity contribution in [3.8, 4) is 5.75 Å². The Morgan fingerprint density at radius 3 is 2.44 bits per heavy atom. The number of nitrogens with zero attached hydrogens (tertiary/aromatic N) is 2. The molecule has 3 rings (SSSR count).